The van der Waals surface area contributed by atoms with E-state index in [0.29, 0.717) is 16.9 Å². The minimum absolute atomic E-state index is 0.365. The highest BCUT2D eigenvalue weighted by molar-refractivity contribution is 5.19. The first-order chi connectivity index (χ1) is 10.9. The number of hydrogen-bond donors (Lipinski definition) is 0. The van der Waals surface area contributed by atoms with Gasteiger partial charge in [0, 0.05) is 11.3 Å². The molecule has 0 aromatic carbocycles. The van der Waals surface area contributed by atoms with Gasteiger partial charge in [0.25, 0.3) is 0 Å². The van der Waals surface area contributed by atoms with Crippen molar-refractivity contribution in [3.05, 3.63) is 11.8 Å². The molecule has 4 rings (SSSR count). The van der Waals surface area contributed by atoms with Crippen LogP contribution in [0.4, 0.5) is 0 Å². The van der Waals surface area contributed by atoms with E-state index < -0.39 is 0 Å². The monoisotopic (exact) mass is 318 g/mol. The first-order valence-electron chi connectivity index (χ1n) is 10.00. The van der Waals surface area contributed by atoms with Crippen molar-refractivity contribution in [3.63, 3.8) is 0 Å². The summed E-state index contributed by atoms with van der Waals surface area (Å²) in [6.45, 7) is 7.66. The summed E-state index contributed by atoms with van der Waals surface area (Å²) in [5, 5.41) is 0. The van der Waals surface area contributed by atoms with Gasteiger partial charge in [0.2, 0.25) is 0 Å². The third-order valence-electron chi connectivity index (χ3n) is 8.95. The van der Waals surface area contributed by atoms with Crippen LogP contribution in [0.2, 0.25) is 0 Å². The Morgan fingerprint density at radius 3 is 2.61 bits per heavy atom. The van der Waals surface area contributed by atoms with E-state index in [1.165, 1.54) is 51.4 Å². The molecule has 0 N–H and O–H groups in total. The normalized spacial score (nSPS) is 55.6. The Morgan fingerprint density at radius 2 is 1.87 bits per heavy atom. The molecular formula is C21H36NO+. The lowest BCUT2D eigenvalue weighted by Crippen LogP contribution is -2.67. The number of hydroxylamine groups is 3. The summed E-state index contributed by atoms with van der Waals surface area (Å²) >= 11 is 0. The molecule has 2 heteroatoms. The number of quaternary nitrogens is 1. The van der Waals surface area contributed by atoms with Crippen LogP contribution in [-0.4, -0.2) is 24.8 Å². The van der Waals surface area contributed by atoms with Gasteiger partial charge in [-0.05, 0) is 82.1 Å². The highest BCUT2D eigenvalue weighted by Crippen LogP contribution is 2.66. The SMILES string of the molecule is CO[N+]1(C)C2=CCCC[C@]2(C)[C@H]2CC[C@]3(C)CCC[C@H]3[C@@H]2C1C. The molecule has 7 atom stereocenters. The third-order valence-corrected chi connectivity index (χ3v) is 8.95. The quantitative estimate of drug-likeness (QED) is 0.596. The second-order valence-electron chi connectivity index (χ2n) is 9.69. The van der Waals surface area contributed by atoms with Crippen LogP contribution in [0.15, 0.2) is 11.8 Å². The van der Waals surface area contributed by atoms with Crippen molar-refractivity contribution in [1.82, 2.24) is 0 Å². The fourth-order valence-electron chi connectivity index (χ4n) is 7.55. The summed E-state index contributed by atoms with van der Waals surface area (Å²) in [6.07, 6.45) is 13.8. The van der Waals surface area contributed by atoms with Crippen LogP contribution in [0.25, 0.3) is 0 Å². The minimum Gasteiger partial charge on any atom is -0.201 e. The smallest absolute Gasteiger partial charge is 0.143 e. The maximum atomic E-state index is 6.23. The lowest BCUT2D eigenvalue weighted by molar-refractivity contribution is -1.09. The minimum atomic E-state index is 0.365. The van der Waals surface area contributed by atoms with Gasteiger partial charge in [-0.1, -0.05) is 13.3 Å². The van der Waals surface area contributed by atoms with E-state index in [2.05, 4.69) is 33.9 Å². The van der Waals surface area contributed by atoms with Crippen molar-refractivity contribution >= 4 is 0 Å². The van der Waals surface area contributed by atoms with E-state index in [1.807, 2.05) is 7.11 Å². The molecule has 4 aliphatic rings. The van der Waals surface area contributed by atoms with E-state index in [4.69, 9.17) is 4.84 Å². The number of allylic oxidation sites excluding steroid dienone is 2. The molecule has 0 spiro atoms. The van der Waals surface area contributed by atoms with Gasteiger partial charge in [0.1, 0.15) is 18.8 Å². The second kappa shape index (κ2) is 5.08. The zero-order valence-corrected chi connectivity index (χ0v) is 15.9. The van der Waals surface area contributed by atoms with Gasteiger partial charge in [-0.2, -0.15) is 4.65 Å². The van der Waals surface area contributed by atoms with E-state index >= 15 is 0 Å². The Kier molecular flexibility index (Phi) is 3.57. The summed E-state index contributed by atoms with van der Waals surface area (Å²) in [4.78, 5) is 6.23. The number of fused-ring (bicyclic) bond motifs is 5. The van der Waals surface area contributed by atoms with Crippen molar-refractivity contribution in [1.29, 1.82) is 0 Å². The van der Waals surface area contributed by atoms with Crippen LogP contribution in [0, 0.1) is 28.6 Å². The second-order valence-corrected chi connectivity index (χ2v) is 9.69. The van der Waals surface area contributed by atoms with Gasteiger partial charge < -0.3 is 0 Å². The van der Waals surface area contributed by atoms with Gasteiger partial charge in [-0.25, -0.2) is 4.84 Å². The van der Waals surface area contributed by atoms with Crippen molar-refractivity contribution in [3.8, 4) is 0 Å². The summed E-state index contributed by atoms with van der Waals surface area (Å²) in [5.41, 5.74) is 2.58. The zero-order valence-electron chi connectivity index (χ0n) is 15.9. The molecule has 1 aliphatic heterocycles. The highest BCUT2D eigenvalue weighted by atomic mass is 16.7. The largest absolute Gasteiger partial charge is 0.201 e. The molecule has 0 aromatic heterocycles. The first-order valence-corrected chi connectivity index (χ1v) is 10.00. The molecule has 1 heterocycles. The fraction of sp³-hybridized carbons (Fsp3) is 0.905. The Morgan fingerprint density at radius 1 is 1.09 bits per heavy atom. The number of likely N-dealkylation sites (tertiary alicyclic amines) is 1. The van der Waals surface area contributed by atoms with Gasteiger partial charge in [0.15, 0.2) is 0 Å². The zero-order chi connectivity index (χ0) is 16.5. The Balaban J connectivity index is 1.83. The van der Waals surface area contributed by atoms with Crippen LogP contribution in [0.5, 0.6) is 0 Å². The molecule has 3 fully saturated rings. The van der Waals surface area contributed by atoms with E-state index in [-0.39, 0.29) is 0 Å². The molecular weight excluding hydrogens is 282 g/mol. The van der Waals surface area contributed by atoms with Crippen molar-refractivity contribution in [2.24, 2.45) is 28.6 Å². The summed E-state index contributed by atoms with van der Waals surface area (Å²) in [6, 6.07) is 0.588. The molecule has 2 unspecified atom stereocenters. The third kappa shape index (κ3) is 1.94. The molecule has 3 aliphatic carbocycles. The van der Waals surface area contributed by atoms with Crippen molar-refractivity contribution < 1.29 is 9.48 Å². The van der Waals surface area contributed by atoms with E-state index in [9.17, 15) is 0 Å². The predicted octanol–water partition coefficient (Wildman–Crippen LogP) is 5.30. The van der Waals surface area contributed by atoms with Crippen LogP contribution in [0.3, 0.4) is 0 Å². The van der Waals surface area contributed by atoms with Crippen molar-refractivity contribution in [2.45, 2.75) is 78.2 Å². The van der Waals surface area contributed by atoms with Gasteiger partial charge in [-0.15, -0.1) is 0 Å². The summed E-state index contributed by atoms with van der Waals surface area (Å²) in [7, 11) is 4.28. The molecule has 0 bridgehead atoms. The lowest BCUT2D eigenvalue weighted by Gasteiger charge is -2.62. The molecule has 1 saturated heterocycles. The summed E-state index contributed by atoms with van der Waals surface area (Å²) in [5.74, 6) is 2.63. The maximum absolute atomic E-state index is 6.23. The standard InChI is InChI=1S/C21H36NO/c1-15-19-16-9-8-12-20(16,2)14-11-17(19)21(3)13-7-6-10-18(21)22(15,4)23-5/h10,15-17,19H,6-9,11-14H2,1-5H3/q+1/t15?,16-,17-,19-,20-,21+,22?/m0/s1. The predicted molar refractivity (Wildman–Crippen MR) is 94.4 cm³/mol. The molecule has 0 aromatic rings. The van der Waals surface area contributed by atoms with Crippen LogP contribution in [-0.2, 0) is 4.84 Å². The molecule has 0 amide bonds. The lowest BCUT2D eigenvalue weighted by atomic mass is 9.49. The molecule has 130 valence electrons. The van der Waals surface area contributed by atoms with Gasteiger partial charge >= 0.3 is 0 Å². The van der Waals surface area contributed by atoms with Gasteiger partial charge in [0.05, 0.1) is 7.11 Å². The molecule has 2 saturated carbocycles. The van der Waals surface area contributed by atoms with Crippen molar-refractivity contribution in [2.75, 3.05) is 14.2 Å². The van der Waals surface area contributed by atoms with Gasteiger partial charge in [-0.3, -0.25) is 0 Å². The fourth-order valence-corrected chi connectivity index (χ4v) is 7.55. The number of piperidine rings is 1. The average molecular weight is 319 g/mol. The number of hydrogen-bond acceptors (Lipinski definition) is 1. The van der Waals surface area contributed by atoms with Crippen LogP contribution < -0.4 is 0 Å². The molecule has 0 radical (unpaired) electrons. The maximum Gasteiger partial charge on any atom is 0.143 e. The number of nitrogens with zero attached hydrogens (tertiary/aromatic N) is 1. The number of rotatable bonds is 1. The Hall–Kier alpha value is -0.340. The van der Waals surface area contributed by atoms with E-state index in [1.54, 1.807) is 5.70 Å². The highest BCUT2D eigenvalue weighted by Gasteiger charge is 2.65. The average Bonchev–Trinajstić information content (AvgIpc) is 2.93. The topological polar surface area (TPSA) is 9.23 Å². The Labute approximate surface area is 142 Å². The van der Waals surface area contributed by atoms with Crippen LogP contribution >= 0.6 is 0 Å². The van der Waals surface area contributed by atoms with E-state index in [0.717, 1.165) is 22.4 Å². The Bertz CT molecular complexity index is 528. The molecule has 2 nitrogen and oxygen atoms in total. The summed E-state index contributed by atoms with van der Waals surface area (Å²) < 4.78 is 0.740. The van der Waals surface area contributed by atoms with Crippen LogP contribution in [0.1, 0.15) is 72.1 Å². The molecule has 23 heavy (non-hydrogen) atoms. The first kappa shape index (κ1) is 16.1.